The Morgan fingerprint density at radius 2 is 1.68 bits per heavy atom. The number of primary amides is 1. The van der Waals surface area contributed by atoms with Crippen molar-refractivity contribution in [1.82, 2.24) is 9.88 Å². The van der Waals surface area contributed by atoms with Crippen LogP contribution in [0.15, 0.2) is 42.6 Å². The average molecular weight is 400 g/mol. The number of amides is 1. The molecule has 1 amide bonds. The largest absolute Gasteiger partial charge is 0.370 e. The summed E-state index contributed by atoms with van der Waals surface area (Å²) in [6, 6.07) is 12.2. The van der Waals surface area contributed by atoms with E-state index in [0.717, 1.165) is 62.8 Å². The second-order valence-electron chi connectivity index (χ2n) is 7.43. The topological polar surface area (TPSA) is 65.7 Å². The van der Waals surface area contributed by atoms with Crippen molar-refractivity contribution in [2.45, 2.75) is 18.9 Å². The van der Waals surface area contributed by atoms with Gasteiger partial charge in [0.1, 0.15) is 5.82 Å². The van der Waals surface area contributed by atoms with E-state index in [1.165, 1.54) is 0 Å². The van der Waals surface area contributed by atoms with Gasteiger partial charge < -0.3 is 15.5 Å². The highest BCUT2D eigenvalue weighted by molar-refractivity contribution is 6.33. The third-order valence-electron chi connectivity index (χ3n) is 5.84. The molecular formula is C21H26ClN5O. The van der Waals surface area contributed by atoms with Gasteiger partial charge >= 0.3 is 0 Å². The number of benzene rings is 1. The molecule has 0 bridgehead atoms. The van der Waals surface area contributed by atoms with Crippen molar-refractivity contribution in [2.24, 2.45) is 5.73 Å². The highest BCUT2D eigenvalue weighted by atomic mass is 35.5. The molecule has 4 rings (SSSR count). The Kier molecular flexibility index (Phi) is 5.69. The van der Waals surface area contributed by atoms with Crippen LogP contribution < -0.4 is 15.5 Å². The van der Waals surface area contributed by atoms with Gasteiger partial charge in [-0.2, -0.15) is 0 Å². The van der Waals surface area contributed by atoms with Crippen molar-refractivity contribution in [3.63, 3.8) is 0 Å². The smallest absolute Gasteiger partial charge is 0.252 e. The van der Waals surface area contributed by atoms with Crippen LogP contribution in [-0.2, 0) is 0 Å². The lowest BCUT2D eigenvalue weighted by Gasteiger charge is -2.43. The van der Waals surface area contributed by atoms with Gasteiger partial charge in [-0.3, -0.25) is 9.69 Å². The Morgan fingerprint density at radius 1 is 0.964 bits per heavy atom. The lowest BCUT2D eigenvalue weighted by molar-refractivity contribution is 0.1000. The molecule has 148 valence electrons. The second-order valence-corrected chi connectivity index (χ2v) is 7.84. The summed E-state index contributed by atoms with van der Waals surface area (Å²) in [7, 11) is 0. The standard InChI is InChI=1S/C21H26ClN5O/c22-18-5-1-2-6-19(18)26-10-7-16(8-11-26)25-12-14-27(15-13-25)21-17(20(23)28)4-3-9-24-21/h1-6,9,16H,7-8,10-15H2,(H2,23,28). The van der Waals surface area contributed by atoms with Crippen molar-refractivity contribution >= 4 is 29.0 Å². The van der Waals surface area contributed by atoms with Gasteiger partial charge in [0.25, 0.3) is 5.91 Å². The molecule has 0 spiro atoms. The van der Waals surface area contributed by atoms with E-state index >= 15 is 0 Å². The van der Waals surface area contributed by atoms with E-state index in [-0.39, 0.29) is 0 Å². The number of anilines is 2. The molecule has 2 N–H and O–H groups in total. The molecule has 6 nitrogen and oxygen atoms in total. The maximum atomic E-state index is 11.7. The number of nitrogens with zero attached hydrogens (tertiary/aromatic N) is 4. The van der Waals surface area contributed by atoms with Gasteiger partial charge in [-0.1, -0.05) is 23.7 Å². The lowest BCUT2D eigenvalue weighted by Crippen LogP contribution is -2.53. The molecule has 0 unspecified atom stereocenters. The first-order chi connectivity index (χ1) is 13.6. The minimum absolute atomic E-state index is 0.419. The predicted molar refractivity (Wildman–Crippen MR) is 113 cm³/mol. The van der Waals surface area contributed by atoms with Crippen LogP contribution in [0.4, 0.5) is 11.5 Å². The van der Waals surface area contributed by atoms with E-state index in [9.17, 15) is 4.79 Å². The summed E-state index contributed by atoms with van der Waals surface area (Å²) < 4.78 is 0. The molecule has 0 aliphatic carbocycles. The number of rotatable bonds is 4. The molecule has 0 radical (unpaired) electrons. The molecule has 28 heavy (non-hydrogen) atoms. The Morgan fingerprint density at radius 3 is 2.36 bits per heavy atom. The maximum Gasteiger partial charge on any atom is 0.252 e. The Balaban J connectivity index is 1.33. The van der Waals surface area contributed by atoms with Gasteiger partial charge in [0, 0.05) is 51.5 Å². The average Bonchev–Trinajstić information content (AvgIpc) is 2.74. The van der Waals surface area contributed by atoms with Gasteiger partial charge in [-0.25, -0.2) is 4.98 Å². The summed E-state index contributed by atoms with van der Waals surface area (Å²) in [4.78, 5) is 23.2. The van der Waals surface area contributed by atoms with Gasteiger partial charge in [0.15, 0.2) is 0 Å². The molecule has 7 heteroatoms. The van der Waals surface area contributed by atoms with Crippen molar-refractivity contribution in [3.05, 3.63) is 53.2 Å². The normalized spacial score (nSPS) is 19.0. The molecule has 3 heterocycles. The van der Waals surface area contributed by atoms with E-state index in [1.807, 2.05) is 18.2 Å². The third-order valence-corrected chi connectivity index (χ3v) is 6.16. The summed E-state index contributed by atoms with van der Waals surface area (Å²) in [5, 5.41) is 0.829. The number of carbonyl (C=O) groups is 1. The quantitative estimate of drug-likeness (QED) is 0.856. The van der Waals surface area contributed by atoms with E-state index in [4.69, 9.17) is 17.3 Å². The zero-order chi connectivity index (χ0) is 19.5. The number of halogens is 1. The minimum Gasteiger partial charge on any atom is -0.370 e. The van der Waals surface area contributed by atoms with Gasteiger partial charge in [-0.05, 0) is 37.1 Å². The van der Waals surface area contributed by atoms with Crippen molar-refractivity contribution < 1.29 is 4.79 Å². The Bertz CT molecular complexity index is 829. The van der Waals surface area contributed by atoms with Crippen molar-refractivity contribution in [1.29, 1.82) is 0 Å². The molecule has 2 aliphatic heterocycles. The van der Waals surface area contributed by atoms with Crippen LogP contribution in [-0.4, -0.2) is 61.1 Å². The van der Waals surface area contributed by atoms with Crippen molar-refractivity contribution in [2.75, 3.05) is 49.1 Å². The second kappa shape index (κ2) is 8.37. The van der Waals surface area contributed by atoms with Crippen LogP contribution in [0.5, 0.6) is 0 Å². The fourth-order valence-corrected chi connectivity index (χ4v) is 4.58. The van der Waals surface area contributed by atoms with Crippen LogP contribution in [0, 0.1) is 0 Å². The summed E-state index contributed by atoms with van der Waals surface area (Å²) in [5.41, 5.74) is 7.15. The molecule has 0 atom stereocenters. The summed E-state index contributed by atoms with van der Waals surface area (Å²) >= 11 is 6.36. The number of pyridine rings is 1. The molecule has 2 aromatic rings. The number of aromatic nitrogens is 1. The van der Waals surface area contributed by atoms with E-state index < -0.39 is 5.91 Å². The van der Waals surface area contributed by atoms with Crippen LogP contribution in [0.3, 0.4) is 0 Å². The molecule has 2 aliphatic rings. The Hall–Kier alpha value is -2.31. The van der Waals surface area contributed by atoms with Gasteiger partial charge in [0.05, 0.1) is 16.3 Å². The molecule has 2 fully saturated rings. The number of hydrogen-bond acceptors (Lipinski definition) is 5. The highest BCUT2D eigenvalue weighted by Gasteiger charge is 2.29. The lowest BCUT2D eigenvalue weighted by atomic mass is 10.0. The fraction of sp³-hybridized carbons (Fsp3) is 0.429. The van der Waals surface area contributed by atoms with E-state index in [2.05, 4.69) is 25.8 Å². The number of para-hydroxylation sites is 1. The number of piperidine rings is 1. The molecule has 2 saturated heterocycles. The van der Waals surface area contributed by atoms with E-state index in [0.29, 0.717) is 17.4 Å². The SMILES string of the molecule is NC(=O)c1cccnc1N1CCN(C2CCN(c3ccccc3Cl)CC2)CC1. The first kappa shape index (κ1) is 19.0. The first-order valence-corrected chi connectivity index (χ1v) is 10.2. The number of piperazine rings is 1. The van der Waals surface area contributed by atoms with Gasteiger partial charge in [0.2, 0.25) is 0 Å². The minimum atomic E-state index is -0.419. The summed E-state index contributed by atoms with van der Waals surface area (Å²) in [5.74, 6) is 0.292. The van der Waals surface area contributed by atoms with Crippen LogP contribution in [0.25, 0.3) is 0 Å². The summed E-state index contributed by atoms with van der Waals surface area (Å²) in [6.07, 6.45) is 4.00. The van der Waals surface area contributed by atoms with Gasteiger partial charge in [-0.15, -0.1) is 0 Å². The number of nitrogens with two attached hydrogens (primary N) is 1. The van der Waals surface area contributed by atoms with Crippen molar-refractivity contribution in [3.8, 4) is 0 Å². The van der Waals surface area contributed by atoms with E-state index in [1.54, 1.807) is 18.3 Å². The molecule has 1 aromatic carbocycles. The van der Waals surface area contributed by atoms with Crippen LogP contribution in [0.1, 0.15) is 23.2 Å². The third kappa shape index (κ3) is 3.93. The summed E-state index contributed by atoms with van der Waals surface area (Å²) in [6.45, 7) is 5.74. The molecule has 1 aromatic heterocycles. The highest BCUT2D eigenvalue weighted by Crippen LogP contribution is 2.29. The molecule has 0 saturated carbocycles. The van der Waals surface area contributed by atoms with Crippen LogP contribution >= 0.6 is 11.6 Å². The molecular weight excluding hydrogens is 374 g/mol. The number of hydrogen-bond donors (Lipinski definition) is 1. The predicted octanol–water partition coefficient (Wildman–Crippen LogP) is 2.62. The Labute approximate surface area is 170 Å². The first-order valence-electron chi connectivity index (χ1n) is 9.87. The maximum absolute atomic E-state index is 11.7. The zero-order valence-corrected chi connectivity index (χ0v) is 16.7. The zero-order valence-electron chi connectivity index (χ0n) is 15.9. The monoisotopic (exact) mass is 399 g/mol. The fourth-order valence-electron chi connectivity index (χ4n) is 4.32. The number of carbonyl (C=O) groups excluding carboxylic acids is 1. The van der Waals surface area contributed by atoms with Crippen LogP contribution in [0.2, 0.25) is 5.02 Å².